The number of quaternary nitrogens is 1. The summed E-state index contributed by atoms with van der Waals surface area (Å²) in [6.45, 7) is 4.10. The molecule has 0 spiro atoms. The van der Waals surface area contributed by atoms with Crippen molar-refractivity contribution in [3.05, 3.63) is 122 Å². The molecule has 2 atom stereocenters. The summed E-state index contributed by atoms with van der Waals surface area (Å²) in [5.41, 5.74) is 0. The molecule has 0 aliphatic carbocycles. The molecule has 0 saturated heterocycles. The zero-order chi connectivity index (χ0) is 47.1. The maximum Gasteiger partial charge on any atom is 0.472 e. The van der Waals surface area contributed by atoms with Crippen molar-refractivity contribution in [3.63, 3.8) is 0 Å². The average molecular weight is 911 g/mol. The Morgan fingerprint density at radius 3 is 1.28 bits per heavy atom. The van der Waals surface area contributed by atoms with Gasteiger partial charge in [0.25, 0.3) is 0 Å². The molecule has 0 aliphatic rings. The van der Waals surface area contributed by atoms with Gasteiger partial charge in [0.15, 0.2) is 6.10 Å². The monoisotopic (exact) mass is 911 g/mol. The molecule has 0 bridgehead atoms. The smallest absolute Gasteiger partial charge is 0.462 e. The predicted molar refractivity (Wildman–Crippen MR) is 270 cm³/mol. The van der Waals surface area contributed by atoms with Crippen molar-refractivity contribution in [2.75, 3.05) is 47.5 Å². The third-order valence-electron chi connectivity index (χ3n) is 9.49. The number of rotatable bonds is 42. The quantitative estimate of drug-likeness (QED) is 0.0212. The Morgan fingerprint density at radius 2 is 0.844 bits per heavy atom. The van der Waals surface area contributed by atoms with Gasteiger partial charge < -0.3 is 18.9 Å². The van der Waals surface area contributed by atoms with E-state index in [0.717, 1.165) is 116 Å². The fourth-order valence-electron chi connectivity index (χ4n) is 5.77. The summed E-state index contributed by atoms with van der Waals surface area (Å²) in [5.74, 6) is -0.877. The number of allylic oxidation sites excluding steroid dienone is 20. The molecule has 1 N–H and O–H groups in total. The van der Waals surface area contributed by atoms with Gasteiger partial charge in [-0.3, -0.25) is 18.6 Å². The maximum atomic E-state index is 12.7. The van der Waals surface area contributed by atoms with Crippen molar-refractivity contribution >= 4 is 19.8 Å². The zero-order valence-corrected chi connectivity index (χ0v) is 41.6. The van der Waals surface area contributed by atoms with Crippen LogP contribution >= 0.6 is 7.82 Å². The van der Waals surface area contributed by atoms with Crippen LogP contribution < -0.4 is 0 Å². The number of carbonyl (C=O) groups excluding carboxylic acids is 2. The number of hydrogen-bond acceptors (Lipinski definition) is 7. The topological polar surface area (TPSA) is 108 Å². The highest BCUT2D eigenvalue weighted by atomic mass is 31.2. The number of unbranched alkanes of at least 4 members (excludes halogenated alkanes) is 8. The van der Waals surface area contributed by atoms with Crippen LogP contribution in [0.15, 0.2) is 122 Å². The predicted octanol–water partition coefficient (Wildman–Crippen LogP) is 14.5. The van der Waals surface area contributed by atoms with Gasteiger partial charge in [-0.25, -0.2) is 4.57 Å². The van der Waals surface area contributed by atoms with Crippen LogP contribution in [0.1, 0.15) is 155 Å². The lowest BCUT2D eigenvalue weighted by Gasteiger charge is -2.24. The molecule has 9 nitrogen and oxygen atoms in total. The van der Waals surface area contributed by atoms with E-state index in [1.54, 1.807) is 0 Å². The van der Waals surface area contributed by atoms with Gasteiger partial charge in [-0.15, -0.1) is 0 Å². The van der Waals surface area contributed by atoms with E-state index in [1.165, 1.54) is 0 Å². The zero-order valence-electron chi connectivity index (χ0n) is 40.7. The average Bonchev–Trinajstić information content (AvgIpc) is 3.25. The van der Waals surface area contributed by atoms with E-state index in [2.05, 4.69) is 135 Å². The molecule has 0 aliphatic heterocycles. The lowest BCUT2D eigenvalue weighted by atomic mass is 10.1. The first-order chi connectivity index (χ1) is 31.0. The number of phosphoric ester groups is 1. The highest BCUT2D eigenvalue weighted by Crippen LogP contribution is 2.43. The van der Waals surface area contributed by atoms with Crippen LogP contribution in [0.5, 0.6) is 0 Å². The first-order valence-corrected chi connectivity index (χ1v) is 25.8. The van der Waals surface area contributed by atoms with Crippen LogP contribution in [0.3, 0.4) is 0 Å². The number of likely N-dealkylation sites (N-methyl/N-ethyl adjacent to an activating group) is 1. The third-order valence-corrected chi connectivity index (χ3v) is 10.5. The van der Waals surface area contributed by atoms with Crippen LogP contribution in [0.25, 0.3) is 0 Å². The Morgan fingerprint density at radius 1 is 0.484 bits per heavy atom. The Labute approximate surface area is 390 Å². The van der Waals surface area contributed by atoms with Crippen molar-refractivity contribution in [1.29, 1.82) is 0 Å². The summed E-state index contributed by atoms with van der Waals surface area (Å²) < 4.78 is 34.3. The highest BCUT2D eigenvalue weighted by Gasteiger charge is 2.27. The van der Waals surface area contributed by atoms with Crippen LogP contribution in [-0.2, 0) is 32.7 Å². The highest BCUT2D eigenvalue weighted by molar-refractivity contribution is 7.47. The molecule has 0 heterocycles. The van der Waals surface area contributed by atoms with Crippen molar-refractivity contribution in [2.45, 2.75) is 161 Å². The van der Waals surface area contributed by atoms with E-state index in [4.69, 9.17) is 18.5 Å². The first kappa shape index (κ1) is 60.4. The summed E-state index contributed by atoms with van der Waals surface area (Å²) in [6.07, 6.45) is 62.5. The molecule has 0 aromatic carbocycles. The van der Waals surface area contributed by atoms with Crippen LogP contribution in [-0.4, -0.2) is 74.9 Å². The number of ether oxygens (including phenoxy) is 2. The molecule has 0 aromatic rings. The van der Waals surface area contributed by atoms with Gasteiger partial charge in [0.2, 0.25) is 0 Å². The van der Waals surface area contributed by atoms with E-state index >= 15 is 0 Å². The molecule has 0 radical (unpaired) electrons. The van der Waals surface area contributed by atoms with Crippen molar-refractivity contribution in [2.24, 2.45) is 0 Å². The standard InChI is InChI=1S/C54H88NO8P/c1-6-8-10-12-14-16-18-20-22-23-24-25-26-27-28-29-30-31-33-35-37-39-41-43-45-47-54(57)63-52(51-62-64(58,59)61-49-48-55(3,4)5)50-60-53(56)46-44-42-40-38-36-34-32-21-19-17-15-13-11-9-7-2/h8-11,14-17,20-22,24-25,27-28,30-32,36,38,52H,6-7,12-13,18-19,23,26,29,33-35,37,39-51H2,1-5H3/p+1/b10-8-,11-9-,16-14-,17-15-,22-20-,25-24-,28-27-,31-30-,32-21-,38-36-. The lowest BCUT2D eigenvalue weighted by Crippen LogP contribution is -2.37. The lowest BCUT2D eigenvalue weighted by molar-refractivity contribution is -0.870. The Kier molecular flexibility index (Phi) is 42.1. The summed E-state index contributed by atoms with van der Waals surface area (Å²) >= 11 is 0. The van der Waals surface area contributed by atoms with Crippen molar-refractivity contribution < 1.29 is 42.1 Å². The second-order valence-corrected chi connectivity index (χ2v) is 18.2. The molecule has 0 amide bonds. The summed E-state index contributed by atoms with van der Waals surface area (Å²) in [7, 11) is 1.42. The molecule has 10 heteroatoms. The molecule has 0 fully saturated rings. The van der Waals surface area contributed by atoms with E-state index in [9.17, 15) is 19.0 Å². The fraction of sp³-hybridized carbons (Fsp3) is 0.593. The molecule has 0 rings (SSSR count). The van der Waals surface area contributed by atoms with E-state index in [-0.39, 0.29) is 26.1 Å². The second kappa shape index (κ2) is 44.6. The second-order valence-electron chi connectivity index (χ2n) is 16.7. The van der Waals surface area contributed by atoms with Gasteiger partial charge in [0.1, 0.15) is 19.8 Å². The largest absolute Gasteiger partial charge is 0.472 e. The maximum absolute atomic E-state index is 12.7. The molecular formula is C54H89NO8P+. The minimum atomic E-state index is -4.40. The number of esters is 2. The molecule has 362 valence electrons. The van der Waals surface area contributed by atoms with Gasteiger partial charge in [-0.1, -0.05) is 161 Å². The Balaban J connectivity index is 4.39. The van der Waals surface area contributed by atoms with Gasteiger partial charge in [0, 0.05) is 12.8 Å². The van der Waals surface area contributed by atoms with Crippen LogP contribution in [0.2, 0.25) is 0 Å². The van der Waals surface area contributed by atoms with Gasteiger partial charge in [-0.05, 0) is 103 Å². The van der Waals surface area contributed by atoms with Gasteiger partial charge >= 0.3 is 19.8 Å². The molecule has 64 heavy (non-hydrogen) atoms. The van der Waals surface area contributed by atoms with E-state index < -0.39 is 32.5 Å². The minimum Gasteiger partial charge on any atom is -0.462 e. The minimum absolute atomic E-state index is 0.0140. The van der Waals surface area contributed by atoms with Crippen LogP contribution in [0.4, 0.5) is 0 Å². The number of carbonyl (C=O) groups is 2. The summed E-state index contributed by atoms with van der Waals surface area (Å²) in [6, 6.07) is 0. The Bertz CT molecular complexity index is 1490. The first-order valence-electron chi connectivity index (χ1n) is 24.3. The molecule has 0 aromatic heterocycles. The molecule has 0 saturated carbocycles. The van der Waals surface area contributed by atoms with Crippen molar-refractivity contribution in [1.82, 2.24) is 0 Å². The number of hydrogen-bond donors (Lipinski definition) is 1. The fourth-order valence-corrected chi connectivity index (χ4v) is 6.51. The van der Waals surface area contributed by atoms with E-state index in [1.807, 2.05) is 21.1 Å². The summed E-state index contributed by atoms with van der Waals surface area (Å²) in [4.78, 5) is 35.5. The van der Waals surface area contributed by atoms with Gasteiger partial charge in [-0.2, -0.15) is 0 Å². The summed E-state index contributed by atoms with van der Waals surface area (Å²) in [5, 5.41) is 0. The van der Waals surface area contributed by atoms with Crippen molar-refractivity contribution in [3.8, 4) is 0 Å². The number of phosphoric acid groups is 1. The molecule has 2 unspecified atom stereocenters. The Hall–Kier alpha value is -3.59. The number of nitrogens with zero attached hydrogens (tertiary/aromatic N) is 1. The van der Waals surface area contributed by atoms with E-state index in [0.29, 0.717) is 23.9 Å². The third kappa shape index (κ3) is 47.9. The van der Waals surface area contributed by atoms with Gasteiger partial charge in [0.05, 0.1) is 27.7 Å². The van der Waals surface area contributed by atoms with Crippen LogP contribution in [0, 0.1) is 0 Å². The SMILES string of the molecule is CC/C=C\C/C=C\C/C=C\C/C=C\C/C=C\C/C=C\CCCCCCCCC(=O)OC(COC(=O)CCCC/C=C\C/C=C\C/C=C\C/C=C\CC)COP(=O)(O)OCC[N+](C)(C)C. The molecular weight excluding hydrogens is 822 g/mol. The normalized spacial score (nSPS) is 14.5.